The van der Waals surface area contributed by atoms with E-state index in [-0.39, 0.29) is 11.1 Å². The number of halogens is 3. The van der Waals surface area contributed by atoms with Crippen molar-refractivity contribution in [3.63, 3.8) is 0 Å². The van der Waals surface area contributed by atoms with Crippen LogP contribution in [0.3, 0.4) is 0 Å². The van der Waals surface area contributed by atoms with Crippen molar-refractivity contribution in [2.75, 3.05) is 0 Å². The molecule has 26 heavy (non-hydrogen) atoms. The van der Waals surface area contributed by atoms with E-state index in [9.17, 15) is 13.2 Å². The van der Waals surface area contributed by atoms with Gasteiger partial charge >= 0.3 is 0 Å². The van der Waals surface area contributed by atoms with Crippen LogP contribution in [0.1, 0.15) is 62.5 Å². The van der Waals surface area contributed by atoms with E-state index in [4.69, 9.17) is 0 Å². The van der Waals surface area contributed by atoms with Gasteiger partial charge in [0.1, 0.15) is 6.17 Å². The highest BCUT2D eigenvalue weighted by molar-refractivity contribution is 5.67. The Morgan fingerprint density at radius 2 is 1.62 bits per heavy atom. The third kappa shape index (κ3) is 4.20. The van der Waals surface area contributed by atoms with E-state index >= 15 is 0 Å². The molecule has 1 aliphatic rings. The first-order valence-corrected chi connectivity index (χ1v) is 9.49. The maximum atomic E-state index is 14.5. The van der Waals surface area contributed by atoms with Crippen molar-refractivity contribution in [1.82, 2.24) is 0 Å². The van der Waals surface area contributed by atoms with E-state index in [1.165, 1.54) is 0 Å². The minimum atomic E-state index is -0.811. The SMILES string of the molecule is CCCC=Cc1ccc(-c2ccc(C3CCC(F)CC3)cc2)c(F)c1F. The average molecular weight is 358 g/mol. The summed E-state index contributed by atoms with van der Waals surface area (Å²) in [4.78, 5) is 0. The molecule has 0 radical (unpaired) electrons. The van der Waals surface area contributed by atoms with E-state index < -0.39 is 17.8 Å². The largest absolute Gasteiger partial charge is 0.247 e. The average Bonchev–Trinajstić information content (AvgIpc) is 2.66. The fourth-order valence-electron chi connectivity index (χ4n) is 3.61. The highest BCUT2D eigenvalue weighted by Gasteiger charge is 2.22. The summed E-state index contributed by atoms with van der Waals surface area (Å²) in [6, 6.07) is 10.8. The van der Waals surface area contributed by atoms with Gasteiger partial charge in [-0.3, -0.25) is 0 Å². The Hall–Kier alpha value is -2.03. The lowest BCUT2D eigenvalue weighted by Gasteiger charge is -2.24. The molecule has 0 bridgehead atoms. The molecule has 1 fully saturated rings. The number of hydrogen-bond donors (Lipinski definition) is 0. The predicted octanol–water partition coefficient (Wildman–Crippen LogP) is 7.44. The van der Waals surface area contributed by atoms with Crippen LogP contribution in [0, 0.1) is 11.6 Å². The Bertz CT molecular complexity index is 754. The molecule has 2 aromatic carbocycles. The minimum Gasteiger partial charge on any atom is -0.247 e. The molecule has 1 saturated carbocycles. The molecule has 0 heterocycles. The summed E-state index contributed by atoms with van der Waals surface area (Å²) in [5.74, 6) is -1.25. The number of unbranched alkanes of at least 4 members (excludes halogenated alkanes) is 1. The Morgan fingerprint density at radius 1 is 0.923 bits per heavy atom. The van der Waals surface area contributed by atoms with Gasteiger partial charge in [0.25, 0.3) is 0 Å². The molecule has 0 nitrogen and oxygen atoms in total. The zero-order valence-electron chi connectivity index (χ0n) is 15.2. The first-order chi connectivity index (χ1) is 12.6. The quantitative estimate of drug-likeness (QED) is 0.521. The fraction of sp³-hybridized carbons (Fsp3) is 0.391. The maximum absolute atomic E-state index is 14.5. The molecular weight excluding hydrogens is 333 g/mol. The molecule has 0 aromatic heterocycles. The van der Waals surface area contributed by atoms with Crippen LogP contribution in [0.2, 0.25) is 0 Å². The predicted molar refractivity (Wildman–Crippen MR) is 102 cm³/mol. The topological polar surface area (TPSA) is 0 Å². The van der Waals surface area contributed by atoms with Gasteiger partial charge in [0, 0.05) is 11.1 Å². The van der Waals surface area contributed by atoms with Crippen LogP contribution in [0.5, 0.6) is 0 Å². The number of rotatable bonds is 5. The van der Waals surface area contributed by atoms with Crippen molar-refractivity contribution in [3.05, 3.63) is 65.2 Å². The number of benzene rings is 2. The van der Waals surface area contributed by atoms with Crippen molar-refractivity contribution < 1.29 is 13.2 Å². The van der Waals surface area contributed by atoms with Crippen LogP contribution < -0.4 is 0 Å². The van der Waals surface area contributed by atoms with Gasteiger partial charge in [-0.2, -0.15) is 0 Å². The van der Waals surface area contributed by atoms with Crippen LogP contribution in [-0.4, -0.2) is 6.17 Å². The summed E-state index contributed by atoms with van der Waals surface area (Å²) in [5.41, 5.74) is 2.36. The summed E-state index contributed by atoms with van der Waals surface area (Å²) in [6.07, 6.45) is 7.55. The molecule has 0 N–H and O–H groups in total. The van der Waals surface area contributed by atoms with Gasteiger partial charge in [-0.15, -0.1) is 0 Å². The van der Waals surface area contributed by atoms with Gasteiger partial charge in [-0.1, -0.05) is 61.9 Å². The number of allylic oxidation sites excluding steroid dienone is 1. The lowest BCUT2D eigenvalue weighted by molar-refractivity contribution is 0.235. The van der Waals surface area contributed by atoms with Crippen LogP contribution in [0.25, 0.3) is 17.2 Å². The Kier molecular flexibility index (Phi) is 6.18. The fourth-order valence-corrected chi connectivity index (χ4v) is 3.61. The highest BCUT2D eigenvalue weighted by Crippen LogP contribution is 2.35. The minimum absolute atomic E-state index is 0.272. The molecular formula is C23H25F3. The van der Waals surface area contributed by atoms with Crippen molar-refractivity contribution in [1.29, 1.82) is 0 Å². The van der Waals surface area contributed by atoms with Crippen molar-refractivity contribution >= 4 is 6.08 Å². The molecule has 138 valence electrons. The van der Waals surface area contributed by atoms with Crippen molar-refractivity contribution in [2.45, 2.75) is 57.5 Å². The zero-order chi connectivity index (χ0) is 18.5. The second kappa shape index (κ2) is 8.57. The van der Waals surface area contributed by atoms with Crippen molar-refractivity contribution in [2.24, 2.45) is 0 Å². The summed E-state index contributed by atoms with van der Waals surface area (Å²) in [6.45, 7) is 2.04. The Balaban J connectivity index is 1.79. The third-order valence-corrected chi connectivity index (χ3v) is 5.21. The van der Waals surface area contributed by atoms with E-state index in [1.54, 1.807) is 18.2 Å². The first-order valence-electron chi connectivity index (χ1n) is 9.49. The van der Waals surface area contributed by atoms with E-state index in [0.29, 0.717) is 24.3 Å². The number of alkyl halides is 1. The summed E-state index contributed by atoms with van der Waals surface area (Å²) >= 11 is 0. The maximum Gasteiger partial charge on any atom is 0.167 e. The van der Waals surface area contributed by atoms with Crippen LogP contribution in [0.15, 0.2) is 42.5 Å². The van der Waals surface area contributed by atoms with Crippen LogP contribution in [0.4, 0.5) is 13.2 Å². The summed E-state index contributed by atoms with van der Waals surface area (Å²) in [5, 5.41) is 0. The monoisotopic (exact) mass is 358 g/mol. The summed E-state index contributed by atoms with van der Waals surface area (Å²) < 4.78 is 42.1. The molecule has 3 heteroatoms. The van der Waals surface area contributed by atoms with Gasteiger partial charge in [-0.25, -0.2) is 13.2 Å². The van der Waals surface area contributed by atoms with Gasteiger partial charge in [-0.05, 0) is 49.1 Å². The van der Waals surface area contributed by atoms with Gasteiger partial charge in [0.15, 0.2) is 11.6 Å². The molecule has 0 spiro atoms. The van der Waals surface area contributed by atoms with Crippen LogP contribution in [-0.2, 0) is 0 Å². The molecule has 0 atom stereocenters. The van der Waals surface area contributed by atoms with Gasteiger partial charge < -0.3 is 0 Å². The van der Waals surface area contributed by atoms with Crippen molar-refractivity contribution in [3.8, 4) is 11.1 Å². The molecule has 0 unspecified atom stereocenters. The normalized spacial score (nSPS) is 20.6. The second-order valence-electron chi connectivity index (χ2n) is 7.09. The lowest BCUT2D eigenvalue weighted by Crippen LogP contribution is -2.13. The Labute approximate surface area is 153 Å². The lowest BCUT2D eigenvalue weighted by atomic mass is 9.83. The van der Waals surface area contributed by atoms with E-state index in [1.807, 2.05) is 37.3 Å². The van der Waals surface area contributed by atoms with Crippen LogP contribution >= 0.6 is 0 Å². The standard InChI is InChI=1S/C23H25F3/c1-2-3-4-5-19-12-15-21(23(26)22(19)25)18-8-6-16(7-9-18)17-10-13-20(24)14-11-17/h4-9,12,15,17,20H,2-3,10-11,13-14H2,1H3. The zero-order valence-corrected chi connectivity index (χ0v) is 15.2. The first kappa shape index (κ1) is 18.8. The highest BCUT2D eigenvalue weighted by atomic mass is 19.2. The molecule has 0 amide bonds. The summed E-state index contributed by atoms with van der Waals surface area (Å²) in [7, 11) is 0. The van der Waals surface area contributed by atoms with Gasteiger partial charge in [0.05, 0.1) is 0 Å². The molecule has 0 aliphatic heterocycles. The second-order valence-corrected chi connectivity index (χ2v) is 7.09. The van der Waals surface area contributed by atoms with E-state index in [0.717, 1.165) is 31.2 Å². The number of hydrogen-bond acceptors (Lipinski definition) is 0. The Morgan fingerprint density at radius 3 is 2.27 bits per heavy atom. The third-order valence-electron chi connectivity index (χ3n) is 5.21. The molecule has 0 saturated heterocycles. The molecule has 1 aliphatic carbocycles. The van der Waals surface area contributed by atoms with E-state index in [2.05, 4.69) is 0 Å². The molecule has 2 aromatic rings. The molecule has 3 rings (SSSR count). The smallest absolute Gasteiger partial charge is 0.167 e. The van der Waals surface area contributed by atoms with Gasteiger partial charge in [0.2, 0.25) is 0 Å².